The standard InChI is InChI=1S/C18H18FN5O2/c1-10(2)16-13-6-11(3)4-5-12(13)18(26)24(23-16)8-15(25)22-17-14(19)7-20-9-21-17/h4-7,9-10H,8H2,1-3H3,(H,20,21,22,25). The van der Waals surface area contributed by atoms with Crippen LogP contribution >= 0.6 is 0 Å². The highest BCUT2D eigenvalue weighted by molar-refractivity contribution is 5.90. The average Bonchev–Trinajstić information content (AvgIpc) is 2.59. The van der Waals surface area contributed by atoms with Crippen LogP contribution in [0.5, 0.6) is 0 Å². The maximum absolute atomic E-state index is 13.6. The lowest BCUT2D eigenvalue weighted by Gasteiger charge is -2.13. The van der Waals surface area contributed by atoms with Gasteiger partial charge in [-0.25, -0.2) is 19.0 Å². The second-order valence-electron chi connectivity index (χ2n) is 6.32. The number of fused-ring (bicyclic) bond motifs is 1. The van der Waals surface area contributed by atoms with E-state index in [1.165, 1.54) is 0 Å². The summed E-state index contributed by atoms with van der Waals surface area (Å²) >= 11 is 0. The predicted octanol–water partition coefficient (Wildman–Crippen LogP) is 2.40. The number of aromatic nitrogens is 4. The number of rotatable bonds is 4. The lowest BCUT2D eigenvalue weighted by atomic mass is 10.0. The summed E-state index contributed by atoms with van der Waals surface area (Å²) in [5.41, 5.74) is 1.38. The molecule has 0 atom stereocenters. The zero-order chi connectivity index (χ0) is 18.8. The van der Waals surface area contributed by atoms with Crippen LogP contribution in [-0.2, 0) is 11.3 Å². The first-order valence-electron chi connectivity index (χ1n) is 8.13. The maximum Gasteiger partial charge on any atom is 0.275 e. The van der Waals surface area contributed by atoms with E-state index >= 15 is 0 Å². The van der Waals surface area contributed by atoms with Gasteiger partial charge in [-0.15, -0.1) is 0 Å². The maximum atomic E-state index is 13.6. The SMILES string of the molecule is Cc1ccc2c(=O)n(CC(=O)Nc3ncncc3F)nc(C(C)C)c2c1. The Morgan fingerprint density at radius 1 is 1.31 bits per heavy atom. The van der Waals surface area contributed by atoms with E-state index in [-0.39, 0.29) is 23.8 Å². The second-order valence-corrected chi connectivity index (χ2v) is 6.32. The molecule has 1 aromatic carbocycles. The van der Waals surface area contributed by atoms with Gasteiger partial charge in [-0.3, -0.25) is 9.59 Å². The highest BCUT2D eigenvalue weighted by Gasteiger charge is 2.16. The molecule has 0 bridgehead atoms. The van der Waals surface area contributed by atoms with Crippen molar-refractivity contribution in [2.24, 2.45) is 0 Å². The zero-order valence-electron chi connectivity index (χ0n) is 14.7. The Labute approximate surface area is 148 Å². The molecule has 2 aromatic heterocycles. The Balaban J connectivity index is 1.99. The van der Waals surface area contributed by atoms with Gasteiger partial charge in [0.25, 0.3) is 5.56 Å². The van der Waals surface area contributed by atoms with Crippen molar-refractivity contribution in [1.82, 2.24) is 19.7 Å². The number of nitrogens with zero attached hydrogens (tertiary/aromatic N) is 4. The number of anilines is 1. The van der Waals surface area contributed by atoms with Gasteiger partial charge in [0, 0.05) is 5.39 Å². The minimum atomic E-state index is -0.752. The Morgan fingerprint density at radius 2 is 2.08 bits per heavy atom. The van der Waals surface area contributed by atoms with Gasteiger partial charge in [-0.2, -0.15) is 5.10 Å². The van der Waals surface area contributed by atoms with Gasteiger partial charge in [0.05, 0.1) is 17.3 Å². The monoisotopic (exact) mass is 355 g/mol. The average molecular weight is 355 g/mol. The van der Waals surface area contributed by atoms with Crippen LogP contribution in [0.15, 0.2) is 35.5 Å². The van der Waals surface area contributed by atoms with Crippen LogP contribution in [0, 0.1) is 12.7 Å². The Morgan fingerprint density at radius 3 is 2.77 bits per heavy atom. The Bertz CT molecular complexity index is 1050. The molecule has 0 aliphatic heterocycles. The Hall–Kier alpha value is -3.16. The number of nitrogens with one attached hydrogen (secondary N) is 1. The van der Waals surface area contributed by atoms with Gasteiger partial charge in [0.2, 0.25) is 5.91 Å². The minimum Gasteiger partial charge on any atom is -0.307 e. The van der Waals surface area contributed by atoms with Crippen molar-refractivity contribution >= 4 is 22.5 Å². The first-order chi connectivity index (χ1) is 12.4. The lowest BCUT2D eigenvalue weighted by Crippen LogP contribution is -2.31. The summed E-state index contributed by atoms with van der Waals surface area (Å²) in [5.74, 6) is -1.52. The van der Waals surface area contributed by atoms with Crippen molar-refractivity contribution in [2.75, 3.05) is 5.32 Å². The minimum absolute atomic E-state index is 0.0634. The number of carbonyl (C=O) groups excluding carboxylic acids is 1. The number of aryl methyl sites for hydroxylation is 1. The summed E-state index contributed by atoms with van der Waals surface area (Å²) in [6.45, 7) is 5.54. The van der Waals surface area contributed by atoms with Crippen LogP contribution in [0.3, 0.4) is 0 Å². The normalized spacial score (nSPS) is 11.1. The molecule has 8 heteroatoms. The highest BCUT2D eigenvalue weighted by Crippen LogP contribution is 2.22. The van der Waals surface area contributed by atoms with E-state index in [2.05, 4.69) is 20.4 Å². The van der Waals surface area contributed by atoms with Crippen LogP contribution in [0.4, 0.5) is 10.2 Å². The third-order valence-electron chi connectivity index (χ3n) is 3.91. The summed E-state index contributed by atoms with van der Waals surface area (Å²) in [6.07, 6.45) is 2.07. The molecule has 0 saturated heterocycles. The van der Waals surface area contributed by atoms with Gasteiger partial charge in [-0.1, -0.05) is 25.5 Å². The molecule has 7 nitrogen and oxygen atoms in total. The van der Waals surface area contributed by atoms with Crippen LogP contribution in [0.25, 0.3) is 10.8 Å². The second kappa shape index (κ2) is 6.99. The number of hydrogen-bond donors (Lipinski definition) is 1. The van der Waals surface area contributed by atoms with Gasteiger partial charge in [0.15, 0.2) is 11.6 Å². The zero-order valence-corrected chi connectivity index (χ0v) is 14.7. The highest BCUT2D eigenvalue weighted by atomic mass is 19.1. The molecular formula is C18H18FN5O2. The fourth-order valence-electron chi connectivity index (χ4n) is 2.67. The lowest BCUT2D eigenvalue weighted by molar-refractivity contribution is -0.117. The van der Waals surface area contributed by atoms with E-state index in [4.69, 9.17) is 0 Å². The predicted molar refractivity (Wildman–Crippen MR) is 95.4 cm³/mol. The van der Waals surface area contributed by atoms with E-state index in [0.717, 1.165) is 33.8 Å². The van der Waals surface area contributed by atoms with Crippen LogP contribution < -0.4 is 10.9 Å². The van der Waals surface area contributed by atoms with Crippen molar-refractivity contribution in [3.05, 3.63) is 58.2 Å². The summed E-state index contributed by atoms with van der Waals surface area (Å²) in [6, 6.07) is 5.49. The molecule has 2 heterocycles. The number of amides is 1. The molecule has 1 N–H and O–H groups in total. The number of carbonyl (C=O) groups is 1. The molecule has 134 valence electrons. The molecule has 0 unspecified atom stereocenters. The van der Waals surface area contributed by atoms with Crippen molar-refractivity contribution in [3.63, 3.8) is 0 Å². The van der Waals surface area contributed by atoms with Gasteiger partial charge in [0.1, 0.15) is 12.9 Å². The summed E-state index contributed by atoms with van der Waals surface area (Å²) in [7, 11) is 0. The molecule has 0 radical (unpaired) electrons. The third kappa shape index (κ3) is 3.44. The van der Waals surface area contributed by atoms with Crippen molar-refractivity contribution in [2.45, 2.75) is 33.2 Å². The molecule has 0 saturated carbocycles. The molecule has 3 aromatic rings. The topological polar surface area (TPSA) is 89.8 Å². The van der Waals surface area contributed by atoms with Crippen LogP contribution in [0.1, 0.15) is 31.0 Å². The van der Waals surface area contributed by atoms with Gasteiger partial charge in [-0.05, 0) is 25.0 Å². The fraction of sp³-hybridized carbons (Fsp3) is 0.278. The first kappa shape index (κ1) is 17.7. The number of halogens is 1. The Kier molecular flexibility index (Phi) is 4.75. The number of benzene rings is 1. The summed E-state index contributed by atoms with van der Waals surface area (Å²) in [4.78, 5) is 32.1. The van der Waals surface area contributed by atoms with Crippen molar-refractivity contribution in [3.8, 4) is 0 Å². The van der Waals surface area contributed by atoms with E-state index in [0.29, 0.717) is 5.39 Å². The quantitative estimate of drug-likeness (QED) is 0.776. The first-order valence-corrected chi connectivity index (χ1v) is 8.13. The molecule has 0 fully saturated rings. The van der Waals surface area contributed by atoms with Crippen molar-refractivity contribution in [1.29, 1.82) is 0 Å². The summed E-state index contributed by atoms with van der Waals surface area (Å²) in [5, 5.41) is 7.97. The van der Waals surface area contributed by atoms with E-state index in [9.17, 15) is 14.0 Å². The van der Waals surface area contributed by atoms with Gasteiger partial charge < -0.3 is 5.32 Å². The van der Waals surface area contributed by atoms with Crippen molar-refractivity contribution < 1.29 is 9.18 Å². The van der Waals surface area contributed by atoms with Gasteiger partial charge >= 0.3 is 0 Å². The molecule has 3 rings (SSSR count). The van der Waals surface area contributed by atoms with E-state index in [1.807, 2.05) is 32.9 Å². The third-order valence-corrected chi connectivity index (χ3v) is 3.91. The smallest absolute Gasteiger partial charge is 0.275 e. The largest absolute Gasteiger partial charge is 0.307 e. The van der Waals surface area contributed by atoms with Crippen LogP contribution in [0.2, 0.25) is 0 Å². The molecule has 1 amide bonds. The van der Waals surface area contributed by atoms with E-state index in [1.54, 1.807) is 6.07 Å². The summed E-state index contributed by atoms with van der Waals surface area (Å²) < 4.78 is 14.7. The molecule has 0 spiro atoms. The molecule has 0 aliphatic rings. The van der Waals surface area contributed by atoms with E-state index < -0.39 is 11.7 Å². The van der Waals surface area contributed by atoms with Crippen LogP contribution in [-0.4, -0.2) is 25.7 Å². The molecular weight excluding hydrogens is 337 g/mol. The fourth-order valence-corrected chi connectivity index (χ4v) is 2.67. The number of hydrogen-bond acceptors (Lipinski definition) is 5. The molecule has 0 aliphatic carbocycles. The molecule has 26 heavy (non-hydrogen) atoms.